The highest BCUT2D eigenvalue weighted by Gasteiger charge is 2.13. The lowest BCUT2D eigenvalue weighted by molar-refractivity contribution is -0.138. The maximum absolute atomic E-state index is 11.5. The summed E-state index contributed by atoms with van der Waals surface area (Å²) in [6.45, 7) is 6.53. The standard InChI is InChI=1S/C12H22N2O4/c1-10(9-12(16)17)8-11(15)13-2-3-14-4-6-18-7-5-14/h10H,2-9H2,1H3,(H,13,15)(H,16,17). The zero-order chi connectivity index (χ0) is 13.4. The smallest absolute Gasteiger partial charge is 0.303 e. The molecule has 18 heavy (non-hydrogen) atoms. The quantitative estimate of drug-likeness (QED) is 0.668. The number of morpholine rings is 1. The summed E-state index contributed by atoms with van der Waals surface area (Å²) in [6, 6.07) is 0. The first-order valence-electron chi connectivity index (χ1n) is 6.36. The van der Waals surface area contributed by atoms with Gasteiger partial charge in [-0.3, -0.25) is 14.5 Å². The van der Waals surface area contributed by atoms with Crippen LogP contribution in [0.1, 0.15) is 19.8 Å². The lowest BCUT2D eigenvalue weighted by Crippen LogP contribution is -2.41. The highest BCUT2D eigenvalue weighted by molar-refractivity contribution is 5.77. The summed E-state index contributed by atoms with van der Waals surface area (Å²) in [4.78, 5) is 24.2. The Morgan fingerprint density at radius 1 is 1.33 bits per heavy atom. The number of ether oxygens (including phenoxy) is 1. The summed E-state index contributed by atoms with van der Waals surface area (Å²) in [7, 11) is 0. The number of aliphatic carboxylic acids is 1. The molecule has 1 heterocycles. The van der Waals surface area contributed by atoms with Gasteiger partial charge in [0, 0.05) is 39.0 Å². The van der Waals surface area contributed by atoms with E-state index >= 15 is 0 Å². The molecule has 0 spiro atoms. The van der Waals surface area contributed by atoms with Gasteiger partial charge >= 0.3 is 5.97 Å². The number of carbonyl (C=O) groups is 2. The van der Waals surface area contributed by atoms with E-state index in [1.165, 1.54) is 0 Å². The van der Waals surface area contributed by atoms with Gasteiger partial charge in [0.25, 0.3) is 0 Å². The number of rotatable bonds is 7. The monoisotopic (exact) mass is 258 g/mol. The third-order valence-corrected chi connectivity index (χ3v) is 2.91. The molecule has 1 aliphatic rings. The zero-order valence-corrected chi connectivity index (χ0v) is 10.9. The van der Waals surface area contributed by atoms with E-state index in [2.05, 4.69) is 10.2 Å². The van der Waals surface area contributed by atoms with E-state index in [0.717, 1.165) is 32.8 Å². The van der Waals surface area contributed by atoms with Crippen LogP contribution in [-0.4, -0.2) is 61.3 Å². The van der Waals surface area contributed by atoms with Gasteiger partial charge in [-0.1, -0.05) is 6.92 Å². The maximum Gasteiger partial charge on any atom is 0.303 e. The average Bonchev–Trinajstić information content (AvgIpc) is 2.29. The van der Waals surface area contributed by atoms with Crippen molar-refractivity contribution in [2.45, 2.75) is 19.8 Å². The Bertz CT molecular complexity index is 277. The number of carboxylic acid groups (broad SMARTS) is 1. The molecule has 0 aromatic rings. The maximum atomic E-state index is 11.5. The predicted molar refractivity (Wildman–Crippen MR) is 66.3 cm³/mol. The van der Waals surface area contributed by atoms with Crippen molar-refractivity contribution in [3.05, 3.63) is 0 Å². The second kappa shape index (κ2) is 8.05. The van der Waals surface area contributed by atoms with Crippen LogP contribution >= 0.6 is 0 Å². The van der Waals surface area contributed by atoms with Gasteiger partial charge in [0.2, 0.25) is 5.91 Å². The molecule has 6 heteroatoms. The second-order valence-corrected chi connectivity index (χ2v) is 4.71. The molecule has 0 radical (unpaired) electrons. The van der Waals surface area contributed by atoms with Crippen LogP contribution in [0.3, 0.4) is 0 Å². The molecule has 2 N–H and O–H groups in total. The first kappa shape index (κ1) is 14.9. The molecule has 6 nitrogen and oxygen atoms in total. The highest BCUT2D eigenvalue weighted by Crippen LogP contribution is 2.06. The number of nitrogens with zero attached hydrogens (tertiary/aromatic N) is 1. The van der Waals surface area contributed by atoms with Gasteiger partial charge in [0.05, 0.1) is 13.2 Å². The van der Waals surface area contributed by atoms with Gasteiger partial charge in [-0.05, 0) is 5.92 Å². The normalized spacial score (nSPS) is 18.3. The van der Waals surface area contributed by atoms with Crippen molar-refractivity contribution < 1.29 is 19.4 Å². The molecule has 1 fully saturated rings. The van der Waals surface area contributed by atoms with Gasteiger partial charge in [-0.15, -0.1) is 0 Å². The van der Waals surface area contributed by atoms with Crippen LogP contribution in [0.15, 0.2) is 0 Å². The predicted octanol–water partition coefficient (Wildman–Crippen LogP) is -0.0643. The summed E-state index contributed by atoms with van der Waals surface area (Å²) in [5.74, 6) is -1.05. The van der Waals surface area contributed by atoms with E-state index in [-0.39, 0.29) is 24.7 Å². The summed E-state index contributed by atoms with van der Waals surface area (Å²) in [6.07, 6.45) is 0.312. The number of carboxylic acids is 1. The van der Waals surface area contributed by atoms with E-state index in [0.29, 0.717) is 6.54 Å². The lowest BCUT2D eigenvalue weighted by atomic mass is 10.0. The topological polar surface area (TPSA) is 78.9 Å². The molecule has 1 saturated heterocycles. The molecule has 104 valence electrons. The van der Waals surface area contributed by atoms with Crippen LogP contribution < -0.4 is 5.32 Å². The molecule has 1 rings (SSSR count). The molecule has 1 amide bonds. The van der Waals surface area contributed by atoms with Gasteiger partial charge < -0.3 is 15.2 Å². The van der Waals surface area contributed by atoms with Gasteiger partial charge in [0.15, 0.2) is 0 Å². The van der Waals surface area contributed by atoms with E-state index in [1.807, 2.05) is 0 Å². The Hall–Kier alpha value is -1.14. The van der Waals surface area contributed by atoms with Crippen molar-refractivity contribution in [1.82, 2.24) is 10.2 Å². The molecule has 0 aromatic heterocycles. The van der Waals surface area contributed by atoms with E-state index in [4.69, 9.17) is 9.84 Å². The highest BCUT2D eigenvalue weighted by atomic mass is 16.5. The van der Waals surface area contributed by atoms with Crippen LogP contribution in [0.2, 0.25) is 0 Å². The molecule has 1 aliphatic heterocycles. The van der Waals surface area contributed by atoms with Crippen molar-refractivity contribution in [3.8, 4) is 0 Å². The minimum Gasteiger partial charge on any atom is -0.481 e. The number of carbonyl (C=O) groups excluding carboxylic acids is 1. The Morgan fingerprint density at radius 2 is 2.00 bits per heavy atom. The summed E-state index contributed by atoms with van der Waals surface area (Å²) in [5, 5.41) is 11.4. The number of nitrogens with one attached hydrogen (secondary N) is 1. The summed E-state index contributed by atoms with van der Waals surface area (Å²) in [5.41, 5.74) is 0. The Labute approximate surface area is 107 Å². The second-order valence-electron chi connectivity index (χ2n) is 4.71. The third-order valence-electron chi connectivity index (χ3n) is 2.91. The molecular weight excluding hydrogens is 236 g/mol. The van der Waals surface area contributed by atoms with Crippen molar-refractivity contribution in [2.75, 3.05) is 39.4 Å². The fraction of sp³-hybridized carbons (Fsp3) is 0.833. The van der Waals surface area contributed by atoms with Crippen LogP contribution in [0.5, 0.6) is 0 Å². The fourth-order valence-corrected chi connectivity index (χ4v) is 1.94. The fourth-order valence-electron chi connectivity index (χ4n) is 1.94. The number of hydrogen-bond donors (Lipinski definition) is 2. The van der Waals surface area contributed by atoms with Crippen molar-refractivity contribution in [3.63, 3.8) is 0 Å². The Morgan fingerprint density at radius 3 is 2.61 bits per heavy atom. The molecule has 0 bridgehead atoms. The van der Waals surface area contributed by atoms with Gasteiger partial charge in [-0.25, -0.2) is 0 Å². The minimum atomic E-state index is -0.858. The van der Waals surface area contributed by atoms with Crippen molar-refractivity contribution in [1.29, 1.82) is 0 Å². The van der Waals surface area contributed by atoms with Crippen molar-refractivity contribution in [2.24, 2.45) is 5.92 Å². The number of amides is 1. The number of hydrogen-bond acceptors (Lipinski definition) is 4. The van der Waals surface area contributed by atoms with Gasteiger partial charge in [-0.2, -0.15) is 0 Å². The molecule has 0 saturated carbocycles. The molecule has 1 atom stereocenters. The third kappa shape index (κ3) is 6.56. The van der Waals surface area contributed by atoms with Gasteiger partial charge in [0.1, 0.15) is 0 Å². The average molecular weight is 258 g/mol. The van der Waals surface area contributed by atoms with Crippen molar-refractivity contribution >= 4 is 11.9 Å². The molecule has 0 aromatic carbocycles. The Kier molecular flexibility index (Phi) is 6.67. The lowest BCUT2D eigenvalue weighted by Gasteiger charge is -2.26. The van der Waals surface area contributed by atoms with Crippen LogP contribution in [0.25, 0.3) is 0 Å². The SMILES string of the molecule is CC(CC(=O)O)CC(=O)NCCN1CCOCC1. The van der Waals surface area contributed by atoms with Crippen LogP contribution in [-0.2, 0) is 14.3 Å². The first-order chi connectivity index (χ1) is 8.58. The largest absolute Gasteiger partial charge is 0.481 e. The van der Waals surface area contributed by atoms with E-state index in [1.54, 1.807) is 6.92 Å². The minimum absolute atomic E-state index is 0.0386. The molecule has 0 aliphatic carbocycles. The van der Waals surface area contributed by atoms with Crippen LogP contribution in [0, 0.1) is 5.92 Å². The van der Waals surface area contributed by atoms with E-state index in [9.17, 15) is 9.59 Å². The summed E-state index contributed by atoms with van der Waals surface area (Å²) >= 11 is 0. The molecule has 1 unspecified atom stereocenters. The van der Waals surface area contributed by atoms with E-state index < -0.39 is 5.97 Å². The first-order valence-corrected chi connectivity index (χ1v) is 6.36. The summed E-state index contributed by atoms with van der Waals surface area (Å²) < 4.78 is 5.23. The van der Waals surface area contributed by atoms with Crippen LogP contribution in [0.4, 0.5) is 0 Å². The molecular formula is C12H22N2O4. The zero-order valence-electron chi connectivity index (χ0n) is 10.9. The Balaban J connectivity index is 2.07.